The molecule has 96 valence electrons. The van der Waals surface area contributed by atoms with E-state index in [1.807, 2.05) is 23.9 Å². The molecule has 2 rings (SSSR count). The number of hydrogen-bond acceptors (Lipinski definition) is 3. The van der Waals surface area contributed by atoms with Crippen LogP contribution in [0.4, 0.5) is 0 Å². The summed E-state index contributed by atoms with van der Waals surface area (Å²) in [6.45, 7) is 10.1. The molecule has 2 heterocycles. The minimum absolute atomic E-state index is 0.861. The monoisotopic (exact) mass is 244 g/mol. The highest BCUT2D eigenvalue weighted by Gasteiger charge is 2.12. The molecule has 0 radical (unpaired) electrons. The first-order valence-corrected chi connectivity index (χ1v) is 6.32. The molecule has 0 saturated carbocycles. The van der Waals surface area contributed by atoms with Gasteiger partial charge in [0.1, 0.15) is 0 Å². The molecule has 0 unspecified atom stereocenters. The van der Waals surface area contributed by atoms with Gasteiger partial charge in [0, 0.05) is 24.0 Å². The standard InChI is InChI=1S/C14H20N4/c1-5-15-9-13-11(3)17-18(12(13)4)14-8-10(2)6-7-16-14/h6-8,15H,5,9H2,1-4H3. The summed E-state index contributed by atoms with van der Waals surface area (Å²) in [5, 5.41) is 7.94. The number of aromatic nitrogens is 3. The van der Waals surface area contributed by atoms with Gasteiger partial charge in [-0.3, -0.25) is 0 Å². The van der Waals surface area contributed by atoms with Crippen molar-refractivity contribution in [2.75, 3.05) is 6.54 Å². The second-order valence-electron chi connectivity index (χ2n) is 4.53. The Hall–Kier alpha value is -1.68. The first-order chi connectivity index (χ1) is 8.63. The fourth-order valence-electron chi connectivity index (χ4n) is 2.04. The van der Waals surface area contributed by atoms with Crippen LogP contribution in [0.5, 0.6) is 0 Å². The molecular formula is C14H20N4. The van der Waals surface area contributed by atoms with Gasteiger partial charge in [0.25, 0.3) is 0 Å². The molecule has 4 heteroatoms. The highest BCUT2D eigenvalue weighted by molar-refractivity contribution is 5.34. The Labute approximate surface area is 108 Å². The van der Waals surface area contributed by atoms with Crippen molar-refractivity contribution in [2.24, 2.45) is 0 Å². The number of hydrogen-bond donors (Lipinski definition) is 1. The number of pyridine rings is 1. The van der Waals surface area contributed by atoms with E-state index in [0.717, 1.165) is 30.3 Å². The zero-order chi connectivity index (χ0) is 13.1. The maximum atomic E-state index is 4.59. The Morgan fingerprint density at radius 3 is 2.72 bits per heavy atom. The zero-order valence-corrected chi connectivity index (χ0v) is 11.5. The second kappa shape index (κ2) is 5.31. The van der Waals surface area contributed by atoms with Crippen molar-refractivity contribution in [3.05, 3.63) is 40.8 Å². The summed E-state index contributed by atoms with van der Waals surface area (Å²) in [5.41, 5.74) is 4.68. The van der Waals surface area contributed by atoms with E-state index in [2.05, 4.69) is 42.2 Å². The molecule has 0 atom stereocenters. The Bertz CT molecular complexity index is 543. The normalized spacial score (nSPS) is 10.9. The summed E-state index contributed by atoms with van der Waals surface area (Å²) in [7, 11) is 0. The molecular weight excluding hydrogens is 224 g/mol. The smallest absolute Gasteiger partial charge is 0.153 e. The molecule has 18 heavy (non-hydrogen) atoms. The summed E-state index contributed by atoms with van der Waals surface area (Å²) in [5.74, 6) is 0.887. The van der Waals surface area contributed by atoms with Gasteiger partial charge in [-0.2, -0.15) is 5.10 Å². The zero-order valence-electron chi connectivity index (χ0n) is 11.5. The van der Waals surface area contributed by atoms with E-state index in [4.69, 9.17) is 0 Å². The van der Waals surface area contributed by atoms with Crippen LogP contribution in [0.2, 0.25) is 0 Å². The molecule has 2 aromatic rings. The first-order valence-electron chi connectivity index (χ1n) is 6.32. The van der Waals surface area contributed by atoms with Gasteiger partial charge in [-0.15, -0.1) is 0 Å². The molecule has 4 nitrogen and oxygen atoms in total. The maximum Gasteiger partial charge on any atom is 0.153 e. The Morgan fingerprint density at radius 2 is 2.06 bits per heavy atom. The molecule has 0 fully saturated rings. The maximum absolute atomic E-state index is 4.59. The molecule has 0 spiro atoms. The molecule has 0 aliphatic rings. The van der Waals surface area contributed by atoms with Crippen LogP contribution in [0.25, 0.3) is 5.82 Å². The Morgan fingerprint density at radius 1 is 1.28 bits per heavy atom. The van der Waals surface area contributed by atoms with Crippen LogP contribution < -0.4 is 5.32 Å². The lowest BCUT2D eigenvalue weighted by atomic mass is 10.2. The van der Waals surface area contributed by atoms with Gasteiger partial charge in [0.2, 0.25) is 0 Å². The topological polar surface area (TPSA) is 42.7 Å². The van der Waals surface area contributed by atoms with Crippen LogP contribution in [0, 0.1) is 20.8 Å². The lowest BCUT2D eigenvalue weighted by Gasteiger charge is -2.05. The van der Waals surface area contributed by atoms with Crippen molar-refractivity contribution in [3.63, 3.8) is 0 Å². The van der Waals surface area contributed by atoms with E-state index in [-0.39, 0.29) is 0 Å². The van der Waals surface area contributed by atoms with E-state index in [1.54, 1.807) is 0 Å². The lowest BCUT2D eigenvalue weighted by molar-refractivity contribution is 0.719. The van der Waals surface area contributed by atoms with Crippen LogP contribution in [0.3, 0.4) is 0 Å². The van der Waals surface area contributed by atoms with Crippen LogP contribution in [-0.2, 0) is 6.54 Å². The van der Waals surface area contributed by atoms with Crippen LogP contribution in [0.15, 0.2) is 18.3 Å². The van der Waals surface area contributed by atoms with Crippen molar-refractivity contribution in [3.8, 4) is 5.82 Å². The number of nitrogens with zero attached hydrogens (tertiary/aromatic N) is 3. The molecule has 0 bridgehead atoms. The van der Waals surface area contributed by atoms with Gasteiger partial charge in [0.05, 0.1) is 5.69 Å². The lowest BCUT2D eigenvalue weighted by Crippen LogP contribution is -2.13. The summed E-state index contributed by atoms with van der Waals surface area (Å²) >= 11 is 0. The number of nitrogens with one attached hydrogen (secondary N) is 1. The predicted molar refractivity (Wildman–Crippen MR) is 73.0 cm³/mol. The highest BCUT2D eigenvalue weighted by Crippen LogP contribution is 2.16. The molecule has 0 amide bonds. The highest BCUT2D eigenvalue weighted by atomic mass is 15.3. The molecule has 0 aliphatic heterocycles. The summed E-state index contributed by atoms with van der Waals surface area (Å²) in [6.07, 6.45) is 1.82. The van der Waals surface area contributed by atoms with E-state index >= 15 is 0 Å². The third-order valence-corrected chi connectivity index (χ3v) is 3.11. The molecule has 0 saturated heterocycles. The van der Waals surface area contributed by atoms with Crippen molar-refractivity contribution in [2.45, 2.75) is 34.2 Å². The third kappa shape index (κ3) is 2.43. The molecule has 1 N–H and O–H groups in total. The van der Waals surface area contributed by atoms with Crippen LogP contribution in [0.1, 0.15) is 29.4 Å². The van der Waals surface area contributed by atoms with Gasteiger partial charge in [0.15, 0.2) is 5.82 Å². The Kier molecular flexibility index (Phi) is 3.77. The molecule has 0 aliphatic carbocycles. The second-order valence-corrected chi connectivity index (χ2v) is 4.53. The first kappa shape index (κ1) is 12.8. The van der Waals surface area contributed by atoms with Gasteiger partial charge in [-0.05, 0) is 45.0 Å². The third-order valence-electron chi connectivity index (χ3n) is 3.11. The number of aryl methyl sites for hydroxylation is 2. The fourth-order valence-corrected chi connectivity index (χ4v) is 2.04. The summed E-state index contributed by atoms with van der Waals surface area (Å²) in [4.78, 5) is 4.39. The van der Waals surface area contributed by atoms with E-state index in [9.17, 15) is 0 Å². The van der Waals surface area contributed by atoms with Crippen LogP contribution in [-0.4, -0.2) is 21.3 Å². The van der Waals surface area contributed by atoms with Gasteiger partial charge in [-0.1, -0.05) is 6.92 Å². The molecule has 0 aromatic carbocycles. The van der Waals surface area contributed by atoms with E-state index in [0.29, 0.717) is 0 Å². The van der Waals surface area contributed by atoms with Gasteiger partial charge >= 0.3 is 0 Å². The summed E-state index contributed by atoms with van der Waals surface area (Å²) < 4.78 is 1.93. The van der Waals surface area contributed by atoms with Gasteiger partial charge in [-0.25, -0.2) is 9.67 Å². The van der Waals surface area contributed by atoms with Crippen molar-refractivity contribution in [1.29, 1.82) is 0 Å². The predicted octanol–water partition coefficient (Wildman–Crippen LogP) is 2.30. The quantitative estimate of drug-likeness (QED) is 0.897. The van der Waals surface area contributed by atoms with Crippen molar-refractivity contribution < 1.29 is 0 Å². The molecule has 2 aromatic heterocycles. The SMILES string of the molecule is CCNCc1c(C)nn(-c2cc(C)ccn2)c1C. The fraction of sp³-hybridized carbons (Fsp3) is 0.429. The Balaban J connectivity index is 2.40. The van der Waals surface area contributed by atoms with Crippen molar-refractivity contribution >= 4 is 0 Å². The van der Waals surface area contributed by atoms with E-state index in [1.165, 1.54) is 11.1 Å². The van der Waals surface area contributed by atoms with Gasteiger partial charge < -0.3 is 5.32 Å². The number of rotatable bonds is 4. The minimum Gasteiger partial charge on any atom is -0.313 e. The average Bonchev–Trinajstić information content (AvgIpc) is 2.63. The summed E-state index contributed by atoms with van der Waals surface area (Å²) in [6, 6.07) is 4.05. The largest absolute Gasteiger partial charge is 0.313 e. The average molecular weight is 244 g/mol. The van der Waals surface area contributed by atoms with Crippen LogP contribution >= 0.6 is 0 Å². The van der Waals surface area contributed by atoms with Crippen molar-refractivity contribution in [1.82, 2.24) is 20.1 Å². The van der Waals surface area contributed by atoms with E-state index < -0.39 is 0 Å². The minimum atomic E-state index is 0.861.